The van der Waals surface area contributed by atoms with Gasteiger partial charge in [0, 0.05) is 18.7 Å². The molecule has 0 bridgehead atoms. The van der Waals surface area contributed by atoms with Crippen LogP contribution < -0.4 is 4.74 Å². The number of carbonyl (C=O) groups excluding carboxylic acids is 2. The van der Waals surface area contributed by atoms with Gasteiger partial charge in [0.1, 0.15) is 5.75 Å². The molecule has 0 aliphatic carbocycles. The molecule has 1 amide bonds. The Balaban J connectivity index is 2.77. The minimum absolute atomic E-state index is 0.106. The minimum Gasteiger partial charge on any atom is -0.497 e. The van der Waals surface area contributed by atoms with Crippen molar-refractivity contribution >= 4 is 11.9 Å². The summed E-state index contributed by atoms with van der Waals surface area (Å²) in [5.74, 6) is -0.0634. The van der Waals surface area contributed by atoms with Crippen molar-refractivity contribution in [2.75, 3.05) is 27.3 Å². The lowest BCUT2D eigenvalue weighted by Gasteiger charge is -2.23. The Morgan fingerprint density at radius 3 is 2.25 bits per heavy atom. The highest BCUT2D eigenvalue weighted by atomic mass is 16.5. The molecule has 0 aromatic heterocycles. The second-order valence-corrected chi connectivity index (χ2v) is 4.50. The first-order chi connectivity index (χ1) is 9.53. The number of ether oxygens (including phenoxy) is 2. The molecule has 0 spiro atoms. The number of esters is 1. The Bertz CT molecular complexity index is 455. The van der Waals surface area contributed by atoms with Gasteiger partial charge in [-0.25, -0.2) is 0 Å². The molecular formula is C15H21NO4. The first-order valence-electron chi connectivity index (χ1n) is 6.54. The number of hydrogen-bond acceptors (Lipinski definition) is 4. The minimum atomic E-state index is -0.345. The largest absolute Gasteiger partial charge is 0.497 e. The molecule has 0 aliphatic heterocycles. The summed E-state index contributed by atoms with van der Waals surface area (Å²) >= 11 is 0. The predicted octanol–water partition coefficient (Wildman–Crippen LogP) is 1.97. The molecule has 0 saturated heterocycles. The molecule has 1 aromatic rings. The lowest BCUT2D eigenvalue weighted by molar-refractivity contribution is -0.145. The summed E-state index contributed by atoms with van der Waals surface area (Å²) in [5, 5.41) is 0. The molecule has 1 unspecified atom stereocenters. The van der Waals surface area contributed by atoms with Crippen molar-refractivity contribution in [3.63, 3.8) is 0 Å². The van der Waals surface area contributed by atoms with Crippen molar-refractivity contribution in [3.05, 3.63) is 29.8 Å². The maximum atomic E-state index is 12.4. The van der Waals surface area contributed by atoms with E-state index in [1.54, 1.807) is 43.2 Å². The Kier molecular flexibility index (Phi) is 6.03. The van der Waals surface area contributed by atoms with Crippen LogP contribution in [0, 0.1) is 5.92 Å². The first kappa shape index (κ1) is 16.0. The van der Waals surface area contributed by atoms with Gasteiger partial charge in [-0.1, -0.05) is 6.92 Å². The van der Waals surface area contributed by atoms with Crippen molar-refractivity contribution in [1.82, 2.24) is 4.90 Å². The summed E-state index contributed by atoms with van der Waals surface area (Å²) in [7, 11) is 2.92. The molecule has 0 heterocycles. The fraction of sp³-hybridized carbons (Fsp3) is 0.467. The molecule has 1 atom stereocenters. The number of methoxy groups -OCH3 is 2. The highest BCUT2D eigenvalue weighted by molar-refractivity contribution is 5.94. The van der Waals surface area contributed by atoms with Crippen LogP contribution in [0.1, 0.15) is 24.2 Å². The number of rotatable bonds is 6. The zero-order chi connectivity index (χ0) is 15.1. The molecule has 1 aromatic carbocycles. The Morgan fingerprint density at radius 2 is 1.80 bits per heavy atom. The highest BCUT2D eigenvalue weighted by Crippen LogP contribution is 2.14. The smallest absolute Gasteiger partial charge is 0.310 e. The number of benzene rings is 1. The third-order valence-electron chi connectivity index (χ3n) is 3.10. The van der Waals surface area contributed by atoms with Crippen molar-refractivity contribution < 1.29 is 19.1 Å². The van der Waals surface area contributed by atoms with Crippen molar-refractivity contribution in [1.29, 1.82) is 0 Å². The molecule has 1 rings (SSSR count). The van der Waals surface area contributed by atoms with Crippen molar-refractivity contribution in [2.24, 2.45) is 5.92 Å². The summed E-state index contributed by atoms with van der Waals surface area (Å²) in [6.45, 7) is 4.50. The van der Waals surface area contributed by atoms with Gasteiger partial charge in [0.2, 0.25) is 0 Å². The molecule has 0 fully saturated rings. The van der Waals surface area contributed by atoms with Gasteiger partial charge in [-0.3, -0.25) is 9.59 Å². The zero-order valence-electron chi connectivity index (χ0n) is 12.4. The quantitative estimate of drug-likeness (QED) is 0.747. The first-order valence-corrected chi connectivity index (χ1v) is 6.54. The SMILES string of the molecule is CCN(CC(C)C(=O)OC)C(=O)c1ccc(OC)cc1. The lowest BCUT2D eigenvalue weighted by atomic mass is 10.1. The molecule has 0 saturated carbocycles. The van der Waals surface area contributed by atoms with Crippen LogP contribution in [0.2, 0.25) is 0 Å². The van der Waals surface area contributed by atoms with E-state index >= 15 is 0 Å². The third-order valence-corrected chi connectivity index (χ3v) is 3.10. The Hall–Kier alpha value is -2.04. The van der Waals surface area contributed by atoms with E-state index in [2.05, 4.69) is 4.74 Å². The van der Waals surface area contributed by atoms with E-state index < -0.39 is 0 Å². The maximum Gasteiger partial charge on any atom is 0.310 e. The fourth-order valence-electron chi connectivity index (χ4n) is 1.88. The van der Waals surface area contributed by atoms with Crippen molar-refractivity contribution in [3.8, 4) is 5.75 Å². The van der Waals surface area contributed by atoms with Gasteiger partial charge in [-0.2, -0.15) is 0 Å². The van der Waals surface area contributed by atoms with Crippen LogP contribution in [0.3, 0.4) is 0 Å². The molecular weight excluding hydrogens is 258 g/mol. The van der Waals surface area contributed by atoms with Gasteiger partial charge < -0.3 is 14.4 Å². The zero-order valence-corrected chi connectivity index (χ0v) is 12.4. The van der Waals surface area contributed by atoms with Crippen LogP contribution in [0.15, 0.2) is 24.3 Å². The van der Waals surface area contributed by atoms with Gasteiger partial charge in [0.25, 0.3) is 5.91 Å². The summed E-state index contributed by atoms with van der Waals surface area (Å²) in [5.41, 5.74) is 0.574. The summed E-state index contributed by atoms with van der Waals surface area (Å²) in [6, 6.07) is 6.91. The summed E-state index contributed by atoms with van der Waals surface area (Å²) < 4.78 is 9.74. The van der Waals surface area contributed by atoms with Crippen molar-refractivity contribution in [2.45, 2.75) is 13.8 Å². The van der Waals surface area contributed by atoms with Gasteiger partial charge in [-0.15, -0.1) is 0 Å². The Morgan fingerprint density at radius 1 is 1.20 bits per heavy atom. The molecule has 0 aliphatic rings. The van der Waals surface area contributed by atoms with E-state index in [-0.39, 0.29) is 17.8 Å². The number of nitrogens with zero attached hydrogens (tertiary/aromatic N) is 1. The monoisotopic (exact) mass is 279 g/mol. The van der Waals surface area contributed by atoms with Crippen LogP contribution in [0.25, 0.3) is 0 Å². The van der Waals surface area contributed by atoms with Crippen LogP contribution >= 0.6 is 0 Å². The van der Waals surface area contributed by atoms with E-state index in [9.17, 15) is 9.59 Å². The van der Waals surface area contributed by atoms with Crippen LogP contribution in [-0.2, 0) is 9.53 Å². The van der Waals surface area contributed by atoms with Crippen LogP contribution in [0.4, 0.5) is 0 Å². The molecule has 5 nitrogen and oxygen atoms in total. The standard InChI is InChI=1S/C15H21NO4/c1-5-16(10-11(2)15(18)20-4)14(17)12-6-8-13(19-3)9-7-12/h6-9,11H,5,10H2,1-4H3. The van der Waals surface area contributed by atoms with Gasteiger partial charge in [0.15, 0.2) is 0 Å². The molecule has 5 heteroatoms. The molecule has 0 N–H and O–H groups in total. The fourth-order valence-corrected chi connectivity index (χ4v) is 1.88. The molecule has 20 heavy (non-hydrogen) atoms. The average molecular weight is 279 g/mol. The van der Waals surface area contributed by atoms with Crippen LogP contribution in [0.5, 0.6) is 5.75 Å². The number of carbonyl (C=O) groups is 2. The summed E-state index contributed by atoms with van der Waals surface area (Å²) in [6.07, 6.45) is 0. The average Bonchev–Trinajstić information content (AvgIpc) is 2.50. The summed E-state index contributed by atoms with van der Waals surface area (Å²) in [4.78, 5) is 25.4. The molecule has 0 radical (unpaired) electrons. The van der Waals surface area contributed by atoms with E-state index in [1.165, 1.54) is 7.11 Å². The van der Waals surface area contributed by atoms with Crippen LogP contribution in [-0.4, -0.2) is 44.1 Å². The van der Waals surface area contributed by atoms with E-state index in [0.717, 1.165) is 0 Å². The normalized spacial score (nSPS) is 11.6. The van der Waals surface area contributed by atoms with E-state index in [1.807, 2.05) is 6.92 Å². The predicted molar refractivity (Wildman–Crippen MR) is 75.8 cm³/mol. The number of hydrogen-bond donors (Lipinski definition) is 0. The van der Waals surface area contributed by atoms with Gasteiger partial charge in [0.05, 0.1) is 20.1 Å². The highest BCUT2D eigenvalue weighted by Gasteiger charge is 2.21. The Labute approximate surface area is 119 Å². The third kappa shape index (κ3) is 3.98. The topological polar surface area (TPSA) is 55.8 Å². The van der Waals surface area contributed by atoms with Gasteiger partial charge >= 0.3 is 5.97 Å². The van der Waals surface area contributed by atoms with E-state index in [0.29, 0.717) is 24.4 Å². The lowest BCUT2D eigenvalue weighted by Crippen LogP contribution is -2.37. The number of amides is 1. The van der Waals surface area contributed by atoms with E-state index in [4.69, 9.17) is 4.74 Å². The van der Waals surface area contributed by atoms with Gasteiger partial charge in [-0.05, 0) is 31.2 Å². The second kappa shape index (κ2) is 7.53. The molecule has 110 valence electrons. The maximum absolute atomic E-state index is 12.4. The second-order valence-electron chi connectivity index (χ2n) is 4.50.